The van der Waals surface area contributed by atoms with Gasteiger partial charge in [0.25, 0.3) is 0 Å². The maximum atomic E-state index is 12.6. The summed E-state index contributed by atoms with van der Waals surface area (Å²) in [6.07, 6.45) is 7.25. The molecule has 0 saturated carbocycles. The van der Waals surface area contributed by atoms with Gasteiger partial charge >= 0.3 is 0 Å². The first-order valence-corrected chi connectivity index (χ1v) is 12.9. The first-order chi connectivity index (χ1) is 16.5. The molecule has 0 N–H and O–H groups in total. The largest absolute Gasteiger partial charge is 0.354 e. The predicted octanol–water partition coefficient (Wildman–Crippen LogP) is 5.29. The van der Waals surface area contributed by atoms with Crippen LogP contribution >= 0.6 is 11.6 Å². The van der Waals surface area contributed by atoms with Crippen molar-refractivity contribution >= 4 is 34.4 Å². The molecule has 0 aliphatic carbocycles. The Balaban J connectivity index is 1.67. The van der Waals surface area contributed by atoms with Crippen LogP contribution in [0.1, 0.15) is 58.7 Å². The smallest absolute Gasteiger partial charge is 0.222 e. The highest BCUT2D eigenvalue weighted by Crippen LogP contribution is 2.28. The molecule has 0 radical (unpaired) electrons. The Morgan fingerprint density at radius 1 is 1.15 bits per heavy atom. The maximum absolute atomic E-state index is 12.6. The van der Waals surface area contributed by atoms with Crippen molar-refractivity contribution in [3.05, 3.63) is 41.3 Å². The van der Waals surface area contributed by atoms with Crippen LogP contribution in [-0.4, -0.2) is 56.7 Å². The number of benzene rings is 1. The summed E-state index contributed by atoms with van der Waals surface area (Å²) in [5.41, 5.74) is 1.68. The molecule has 1 aromatic carbocycles. The molecule has 0 unspecified atom stereocenters. The van der Waals surface area contributed by atoms with Crippen molar-refractivity contribution in [2.24, 2.45) is 5.92 Å². The van der Waals surface area contributed by atoms with E-state index in [1.54, 1.807) is 0 Å². The van der Waals surface area contributed by atoms with Gasteiger partial charge in [-0.2, -0.15) is 5.10 Å². The number of rotatable bonds is 8. The van der Waals surface area contributed by atoms with Crippen LogP contribution in [0.15, 0.2) is 30.5 Å². The lowest BCUT2D eigenvalue weighted by Crippen LogP contribution is -2.35. The lowest BCUT2D eigenvalue weighted by molar-refractivity contribution is -0.131. The van der Waals surface area contributed by atoms with E-state index >= 15 is 0 Å². The minimum atomic E-state index is 0.267. The maximum Gasteiger partial charge on any atom is 0.222 e. The van der Waals surface area contributed by atoms with E-state index in [4.69, 9.17) is 21.6 Å². The highest BCUT2D eigenvalue weighted by Gasteiger charge is 2.23. The van der Waals surface area contributed by atoms with Crippen molar-refractivity contribution in [3.63, 3.8) is 0 Å². The minimum absolute atomic E-state index is 0.267. The van der Waals surface area contributed by atoms with Crippen LogP contribution in [-0.2, 0) is 11.2 Å². The van der Waals surface area contributed by atoms with Crippen LogP contribution in [0, 0.1) is 5.92 Å². The average molecular weight is 483 g/mol. The van der Waals surface area contributed by atoms with E-state index in [1.165, 1.54) is 0 Å². The Bertz CT molecular complexity index is 1130. The van der Waals surface area contributed by atoms with Crippen LogP contribution in [0.2, 0.25) is 5.02 Å². The quantitative estimate of drug-likeness (QED) is 0.436. The Hall–Kier alpha value is -2.67. The van der Waals surface area contributed by atoms with Crippen LogP contribution in [0.4, 0.5) is 5.82 Å². The molecule has 2 aromatic heterocycles. The molecule has 4 rings (SSSR count). The van der Waals surface area contributed by atoms with Crippen molar-refractivity contribution in [1.29, 1.82) is 0 Å². The number of hydrogen-bond donors (Lipinski definition) is 0. The normalized spacial score (nSPS) is 14.7. The van der Waals surface area contributed by atoms with Gasteiger partial charge in [-0.25, -0.2) is 14.6 Å². The molecule has 34 heavy (non-hydrogen) atoms. The van der Waals surface area contributed by atoms with Crippen molar-refractivity contribution in [3.8, 4) is 5.69 Å². The van der Waals surface area contributed by atoms with Crippen LogP contribution in [0.25, 0.3) is 16.7 Å². The molecule has 0 bridgehead atoms. The van der Waals surface area contributed by atoms with E-state index in [2.05, 4.69) is 30.8 Å². The number of hydrogen-bond acceptors (Lipinski definition) is 5. The van der Waals surface area contributed by atoms with Gasteiger partial charge in [-0.1, -0.05) is 44.9 Å². The standard InChI is InChI=1S/C26H35ClN6O/c1-4-5-10-24(34)31-13-7-14-32(16-15-31)25-22-18-28-33(21-9-6-8-20(27)17-21)26(22)30-23(29-25)12-11-19(2)3/h6,8-9,17-19H,4-5,7,10-16H2,1-3H3. The van der Waals surface area contributed by atoms with Gasteiger partial charge in [0.1, 0.15) is 11.6 Å². The van der Waals surface area contributed by atoms with Gasteiger partial charge < -0.3 is 9.80 Å². The summed E-state index contributed by atoms with van der Waals surface area (Å²) in [6, 6.07) is 7.66. The fourth-order valence-electron chi connectivity index (χ4n) is 4.37. The topological polar surface area (TPSA) is 67.2 Å². The van der Waals surface area contributed by atoms with E-state index in [1.807, 2.05) is 40.0 Å². The van der Waals surface area contributed by atoms with Gasteiger partial charge in [0.15, 0.2) is 5.65 Å². The predicted molar refractivity (Wildman–Crippen MR) is 138 cm³/mol. The molecular weight excluding hydrogens is 448 g/mol. The minimum Gasteiger partial charge on any atom is -0.354 e. The highest BCUT2D eigenvalue weighted by atomic mass is 35.5. The third-order valence-electron chi connectivity index (χ3n) is 6.35. The Morgan fingerprint density at radius 3 is 2.76 bits per heavy atom. The number of amides is 1. The zero-order chi connectivity index (χ0) is 24.1. The molecule has 3 heterocycles. The second-order valence-corrected chi connectivity index (χ2v) is 9.93. The number of aryl methyl sites for hydroxylation is 1. The Morgan fingerprint density at radius 2 is 2.00 bits per heavy atom. The number of carbonyl (C=O) groups excluding carboxylic acids is 1. The van der Waals surface area contributed by atoms with E-state index < -0.39 is 0 Å². The summed E-state index contributed by atoms with van der Waals surface area (Å²) in [5, 5.41) is 6.26. The lowest BCUT2D eigenvalue weighted by Gasteiger charge is -2.24. The molecule has 1 aliphatic rings. The van der Waals surface area contributed by atoms with E-state index in [-0.39, 0.29) is 5.91 Å². The van der Waals surface area contributed by atoms with Crippen molar-refractivity contribution in [2.75, 3.05) is 31.1 Å². The van der Waals surface area contributed by atoms with E-state index in [0.29, 0.717) is 17.4 Å². The summed E-state index contributed by atoms with van der Waals surface area (Å²) in [7, 11) is 0. The van der Waals surface area contributed by atoms with Gasteiger partial charge in [-0.15, -0.1) is 0 Å². The Labute approximate surface area is 207 Å². The second-order valence-electron chi connectivity index (χ2n) is 9.49. The molecule has 3 aromatic rings. The number of anilines is 1. The molecule has 1 saturated heterocycles. The average Bonchev–Trinajstić information content (AvgIpc) is 3.09. The molecular formula is C26H35ClN6O. The van der Waals surface area contributed by atoms with Gasteiger partial charge in [-0.05, 0) is 43.4 Å². The molecule has 0 spiro atoms. The Kier molecular flexibility index (Phi) is 8.03. The summed E-state index contributed by atoms with van der Waals surface area (Å²) in [5.74, 6) is 2.59. The van der Waals surface area contributed by atoms with Gasteiger partial charge in [-0.3, -0.25) is 4.79 Å². The molecule has 1 amide bonds. The molecule has 1 aliphatic heterocycles. The molecule has 1 fully saturated rings. The van der Waals surface area contributed by atoms with Gasteiger partial charge in [0.05, 0.1) is 17.3 Å². The number of aromatic nitrogens is 4. The molecule has 8 heteroatoms. The zero-order valence-electron chi connectivity index (χ0n) is 20.5. The molecule has 0 atom stereocenters. The number of nitrogens with zero attached hydrogens (tertiary/aromatic N) is 6. The summed E-state index contributed by atoms with van der Waals surface area (Å²) in [6.45, 7) is 9.69. The summed E-state index contributed by atoms with van der Waals surface area (Å²) in [4.78, 5) is 26.9. The van der Waals surface area contributed by atoms with Crippen molar-refractivity contribution in [1.82, 2.24) is 24.6 Å². The van der Waals surface area contributed by atoms with Crippen LogP contribution < -0.4 is 4.90 Å². The van der Waals surface area contributed by atoms with Crippen molar-refractivity contribution in [2.45, 2.75) is 59.3 Å². The first kappa shape index (κ1) is 24.5. The van der Waals surface area contributed by atoms with Gasteiger partial charge in [0.2, 0.25) is 5.91 Å². The van der Waals surface area contributed by atoms with E-state index in [0.717, 1.165) is 86.6 Å². The fourth-order valence-corrected chi connectivity index (χ4v) is 4.55. The zero-order valence-corrected chi connectivity index (χ0v) is 21.3. The number of carbonyl (C=O) groups is 1. The number of fused-ring (bicyclic) bond motifs is 1. The number of halogens is 1. The molecule has 182 valence electrons. The summed E-state index contributed by atoms with van der Waals surface area (Å²) < 4.78 is 1.85. The van der Waals surface area contributed by atoms with Crippen molar-refractivity contribution < 1.29 is 4.79 Å². The van der Waals surface area contributed by atoms with Crippen LogP contribution in [0.3, 0.4) is 0 Å². The van der Waals surface area contributed by atoms with Crippen LogP contribution in [0.5, 0.6) is 0 Å². The third-order valence-corrected chi connectivity index (χ3v) is 6.58. The number of unbranched alkanes of at least 4 members (excludes halogenated alkanes) is 1. The monoisotopic (exact) mass is 482 g/mol. The lowest BCUT2D eigenvalue weighted by atomic mass is 10.1. The summed E-state index contributed by atoms with van der Waals surface area (Å²) >= 11 is 6.26. The van der Waals surface area contributed by atoms with Gasteiger partial charge in [0, 0.05) is 44.0 Å². The first-order valence-electron chi connectivity index (χ1n) is 12.5. The second kappa shape index (κ2) is 11.2. The van der Waals surface area contributed by atoms with E-state index in [9.17, 15) is 4.79 Å². The molecule has 7 nitrogen and oxygen atoms in total. The highest BCUT2D eigenvalue weighted by molar-refractivity contribution is 6.30. The SMILES string of the molecule is CCCCC(=O)N1CCCN(c2nc(CCC(C)C)nc3c2cnn3-c2cccc(Cl)c2)CC1. The third kappa shape index (κ3) is 5.69. The fraction of sp³-hybridized carbons (Fsp3) is 0.538.